The minimum absolute atomic E-state index is 0. The summed E-state index contributed by atoms with van der Waals surface area (Å²) in [5.41, 5.74) is 10.1. The highest BCUT2D eigenvalue weighted by Gasteiger charge is 2.32. The van der Waals surface area contributed by atoms with Gasteiger partial charge in [0, 0.05) is 4.47 Å². The maximum atomic E-state index is 12.4. The van der Waals surface area contributed by atoms with E-state index in [0.717, 1.165) is 6.07 Å². The van der Waals surface area contributed by atoms with Gasteiger partial charge in [0.1, 0.15) is 0 Å². The molecule has 0 saturated heterocycles. The Kier molecular flexibility index (Phi) is 5.77. The number of hydrogen-bond acceptors (Lipinski definition) is 1. The Bertz CT molecular complexity index is 416. The second-order valence-corrected chi connectivity index (χ2v) is 3.91. The summed E-state index contributed by atoms with van der Waals surface area (Å²) in [6, 6.07) is 3.66. The van der Waals surface area contributed by atoms with Crippen LogP contribution >= 0.6 is 28.3 Å². The molecule has 3 nitrogen and oxygen atoms in total. The number of aliphatic imine (C=N–C) groups is 1. The van der Waals surface area contributed by atoms with Crippen molar-refractivity contribution in [1.29, 1.82) is 0 Å². The zero-order valence-corrected chi connectivity index (χ0v) is 10.9. The van der Waals surface area contributed by atoms with Crippen molar-refractivity contribution in [2.24, 2.45) is 16.5 Å². The maximum Gasteiger partial charge on any atom is 0.417 e. The minimum Gasteiger partial charge on any atom is -0.370 e. The first-order valence-electron chi connectivity index (χ1n) is 4.21. The molecule has 0 aliphatic rings. The number of halogens is 5. The van der Waals surface area contributed by atoms with Crippen molar-refractivity contribution >= 4 is 34.3 Å². The van der Waals surface area contributed by atoms with Gasteiger partial charge >= 0.3 is 6.18 Å². The van der Waals surface area contributed by atoms with E-state index in [0.29, 0.717) is 5.56 Å². The summed E-state index contributed by atoms with van der Waals surface area (Å²) in [6.07, 6.45) is -4.37. The Hall–Kier alpha value is -0.950. The zero-order chi connectivity index (χ0) is 12.3. The van der Waals surface area contributed by atoms with Gasteiger partial charge in [0.15, 0.2) is 5.96 Å². The molecule has 1 aromatic rings. The monoisotopic (exact) mass is 331 g/mol. The minimum atomic E-state index is -4.37. The molecule has 1 rings (SSSR count). The summed E-state index contributed by atoms with van der Waals surface area (Å²) in [6.45, 7) is 0.152. The predicted molar refractivity (Wildman–Crippen MR) is 65.9 cm³/mol. The third-order valence-electron chi connectivity index (χ3n) is 1.78. The normalized spacial score (nSPS) is 10.6. The van der Waals surface area contributed by atoms with Gasteiger partial charge in [-0.25, -0.2) is 4.99 Å². The van der Waals surface area contributed by atoms with Crippen molar-refractivity contribution in [3.05, 3.63) is 33.8 Å². The number of alkyl halides is 3. The van der Waals surface area contributed by atoms with Gasteiger partial charge in [0.25, 0.3) is 0 Å². The molecule has 0 atom stereocenters. The molecule has 4 N–H and O–H groups in total. The summed E-state index contributed by atoms with van der Waals surface area (Å²) in [4.78, 5) is 3.70. The highest BCUT2D eigenvalue weighted by atomic mass is 79.9. The van der Waals surface area contributed by atoms with Crippen LogP contribution in [0.5, 0.6) is 0 Å². The van der Waals surface area contributed by atoms with Crippen LogP contribution in [0.25, 0.3) is 0 Å². The molecule has 0 unspecified atom stereocenters. The fourth-order valence-electron chi connectivity index (χ4n) is 1.07. The van der Waals surface area contributed by atoms with Gasteiger partial charge in [-0.1, -0.05) is 22.0 Å². The molecule has 0 amide bonds. The first-order valence-corrected chi connectivity index (χ1v) is 5.01. The van der Waals surface area contributed by atoms with Gasteiger partial charge in [0.2, 0.25) is 0 Å². The standard InChI is InChI=1S/C9H9BrF3N3.ClH/c10-7-3-5(4-16-8(14)15)1-2-6(7)9(11,12)13;/h1-3H,4H2,(H4,14,15,16);1H. The fraction of sp³-hybridized carbons (Fsp3) is 0.222. The highest BCUT2D eigenvalue weighted by molar-refractivity contribution is 9.10. The van der Waals surface area contributed by atoms with Gasteiger partial charge in [-0.2, -0.15) is 13.2 Å². The second-order valence-electron chi connectivity index (χ2n) is 3.05. The highest BCUT2D eigenvalue weighted by Crippen LogP contribution is 2.35. The topological polar surface area (TPSA) is 64.4 Å². The van der Waals surface area contributed by atoms with Crippen molar-refractivity contribution < 1.29 is 13.2 Å². The first-order chi connectivity index (χ1) is 7.30. The van der Waals surface area contributed by atoms with Crippen molar-refractivity contribution in [1.82, 2.24) is 0 Å². The lowest BCUT2D eigenvalue weighted by Gasteiger charge is -2.09. The summed E-state index contributed by atoms with van der Waals surface area (Å²) in [5.74, 6) is -0.101. The smallest absolute Gasteiger partial charge is 0.370 e. The van der Waals surface area contributed by atoms with Gasteiger partial charge in [-0.3, -0.25) is 0 Å². The number of guanidine groups is 1. The van der Waals surface area contributed by atoms with Gasteiger partial charge in [-0.05, 0) is 17.7 Å². The number of nitrogens with two attached hydrogens (primary N) is 2. The molecule has 1 aromatic carbocycles. The number of rotatable bonds is 2. The van der Waals surface area contributed by atoms with E-state index in [2.05, 4.69) is 20.9 Å². The van der Waals surface area contributed by atoms with E-state index in [9.17, 15) is 13.2 Å². The molecule has 0 spiro atoms. The molecular weight excluding hydrogens is 322 g/mol. The molecule has 0 fully saturated rings. The lowest BCUT2D eigenvalue weighted by atomic mass is 10.1. The van der Waals surface area contributed by atoms with Crippen LogP contribution in [0, 0.1) is 0 Å². The van der Waals surface area contributed by atoms with Crippen LogP contribution in [0.4, 0.5) is 13.2 Å². The Morgan fingerprint density at radius 1 is 1.29 bits per heavy atom. The van der Waals surface area contributed by atoms with Crippen LogP contribution in [-0.4, -0.2) is 5.96 Å². The van der Waals surface area contributed by atoms with E-state index in [4.69, 9.17) is 11.5 Å². The average Bonchev–Trinajstić information content (AvgIpc) is 2.12. The molecule has 0 radical (unpaired) electrons. The Labute approximate surface area is 111 Å². The molecular formula is C9H10BrClF3N3. The third-order valence-corrected chi connectivity index (χ3v) is 2.44. The van der Waals surface area contributed by atoms with Crippen molar-refractivity contribution in [2.45, 2.75) is 12.7 Å². The largest absolute Gasteiger partial charge is 0.417 e. The maximum absolute atomic E-state index is 12.4. The average molecular weight is 333 g/mol. The summed E-state index contributed by atoms with van der Waals surface area (Å²) >= 11 is 2.86. The summed E-state index contributed by atoms with van der Waals surface area (Å²) in [5, 5.41) is 0. The second kappa shape index (κ2) is 6.11. The molecule has 0 aliphatic heterocycles. The van der Waals surface area contributed by atoms with Crippen molar-refractivity contribution in [2.75, 3.05) is 0 Å². The van der Waals surface area contributed by atoms with Crippen LogP contribution in [0.15, 0.2) is 27.7 Å². The summed E-state index contributed by atoms with van der Waals surface area (Å²) in [7, 11) is 0. The van der Waals surface area contributed by atoms with Gasteiger partial charge in [0.05, 0.1) is 12.1 Å². The van der Waals surface area contributed by atoms with Crippen LogP contribution in [0.1, 0.15) is 11.1 Å². The van der Waals surface area contributed by atoms with Crippen LogP contribution < -0.4 is 11.5 Å². The lowest BCUT2D eigenvalue weighted by molar-refractivity contribution is -0.138. The van der Waals surface area contributed by atoms with Crippen molar-refractivity contribution in [3.8, 4) is 0 Å². The molecule has 0 bridgehead atoms. The Morgan fingerprint density at radius 3 is 2.29 bits per heavy atom. The molecule has 0 saturated carbocycles. The quantitative estimate of drug-likeness (QED) is 0.646. The Balaban J connectivity index is 0.00000256. The molecule has 17 heavy (non-hydrogen) atoms. The van der Waals surface area contributed by atoms with Crippen LogP contribution in [0.3, 0.4) is 0 Å². The lowest BCUT2D eigenvalue weighted by Crippen LogP contribution is -2.22. The number of benzene rings is 1. The first kappa shape index (κ1) is 16.1. The molecule has 96 valence electrons. The van der Waals surface area contributed by atoms with E-state index in [-0.39, 0.29) is 29.4 Å². The van der Waals surface area contributed by atoms with E-state index in [1.54, 1.807) is 0 Å². The predicted octanol–water partition coefficient (Wildman–Crippen LogP) is 2.66. The van der Waals surface area contributed by atoms with E-state index in [1.165, 1.54) is 12.1 Å². The molecule has 8 heteroatoms. The molecule has 0 heterocycles. The fourth-order valence-corrected chi connectivity index (χ4v) is 1.72. The van der Waals surface area contributed by atoms with E-state index in [1.807, 2.05) is 0 Å². The van der Waals surface area contributed by atoms with E-state index >= 15 is 0 Å². The molecule has 0 aliphatic carbocycles. The van der Waals surface area contributed by atoms with Crippen LogP contribution in [-0.2, 0) is 12.7 Å². The zero-order valence-electron chi connectivity index (χ0n) is 8.46. The van der Waals surface area contributed by atoms with Gasteiger partial charge < -0.3 is 11.5 Å². The Morgan fingerprint density at radius 2 is 1.88 bits per heavy atom. The third kappa shape index (κ3) is 4.82. The van der Waals surface area contributed by atoms with Gasteiger partial charge in [-0.15, -0.1) is 12.4 Å². The summed E-state index contributed by atoms with van der Waals surface area (Å²) < 4.78 is 37.2. The number of hydrogen-bond donors (Lipinski definition) is 2. The molecule has 0 aromatic heterocycles. The van der Waals surface area contributed by atoms with Crippen molar-refractivity contribution in [3.63, 3.8) is 0 Å². The SMILES string of the molecule is Cl.NC(N)=NCc1ccc(C(F)(F)F)c(Br)c1. The number of nitrogens with zero attached hydrogens (tertiary/aromatic N) is 1. The van der Waals surface area contributed by atoms with Crippen LogP contribution in [0.2, 0.25) is 0 Å². The van der Waals surface area contributed by atoms with E-state index < -0.39 is 11.7 Å².